The van der Waals surface area contributed by atoms with Gasteiger partial charge in [0.05, 0.1) is 12.6 Å². The Morgan fingerprint density at radius 3 is 2.43 bits per heavy atom. The van der Waals surface area contributed by atoms with Gasteiger partial charge in [-0.2, -0.15) is 0 Å². The van der Waals surface area contributed by atoms with Crippen LogP contribution >= 0.6 is 0 Å². The number of ether oxygens (including phenoxy) is 2. The first-order valence-corrected chi connectivity index (χ1v) is 6.68. The minimum Gasteiger partial charge on any atom is -0.466 e. The van der Waals surface area contributed by atoms with Gasteiger partial charge in [0, 0.05) is 0 Å². The van der Waals surface area contributed by atoms with Gasteiger partial charge in [0.1, 0.15) is 13.0 Å². The van der Waals surface area contributed by atoms with Gasteiger partial charge in [-0.25, -0.2) is 4.79 Å². The van der Waals surface area contributed by atoms with E-state index in [0.717, 1.165) is 5.56 Å². The average Bonchev–Trinajstić information content (AvgIpc) is 2.46. The van der Waals surface area contributed by atoms with Crippen LogP contribution < -0.4 is 5.32 Å². The molecule has 1 amide bonds. The lowest BCUT2D eigenvalue weighted by molar-refractivity contribution is -0.145. The second-order valence-electron chi connectivity index (χ2n) is 4.38. The highest BCUT2D eigenvalue weighted by atomic mass is 16.5. The number of alkyl carbamates (subject to hydrolysis) is 1. The van der Waals surface area contributed by atoms with Gasteiger partial charge in [-0.05, 0) is 19.4 Å². The summed E-state index contributed by atoms with van der Waals surface area (Å²) in [6, 6.07) is 8.37. The molecule has 6 nitrogen and oxygen atoms in total. The molecular formula is C15H19NO5. The van der Waals surface area contributed by atoms with E-state index in [-0.39, 0.29) is 19.6 Å². The summed E-state index contributed by atoms with van der Waals surface area (Å²) in [5, 5.41) is 2.38. The normalized spacial score (nSPS) is 11.3. The number of hydrogen-bond donors (Lipinski definition) is 1. The first-order valence-electron chi connectivity index (χ1n) is 6.68. The summed E-state index contributed by atoms with van der Waals surface area (Å²) in [5.74, 6) is -1.03. The molecule has 114 valence electrons. The van der Waals surface area contributed by atoms with E-state index >= 15 is 0 Å². The van der Waals surface area contributed by atoms with Crippen molar-refractivity contribution in [3.63, 3.8) is 0 Å². The van der Waals surface area contributed by atoms with Gasteiger partial charge in [0.2, 0.25) is 0 Å². The third-order valence-corrected chi connectivity index (χ3v) is 2.65. The highest BCUT2D eigenvalue weighted by Crippen LogP contribution is 2.01. The molecule has 0 aromatic heterocycles. The van der Waals surface area contributed by atoms with E-state index < -0.39 is 23.9 Å². The Morgan fingerprint density at radius 1 is 1.14 bits per heavy atom. The van der Waals surface area contributed by atoms with E-state index in [1.165, 1.54) is 6.92 Å². The van der Waals surface area contributed by atoms with Crippen molar-refractivity contribution in [2.75, 3.05) is 6.61 Å². The molecule has 0 aliphatic carbocycles. The zero-order valence-corrected chi connectivity index (χ0v) is 12.1. The quantitative estimate of drug-likeness (QED) is 0.612. The van der Waals surface area contributed by atoms with E-state index in [1.54, 1.807) is 6.92 Å². The second kappa shape index (κ2) is 8.73. The van der Waals surface area contributed by atoms with Crippen LogP contribution in [0.1, 0.15) is 25.8 Å². The summed E-state index contributed by atoms with van der Waals surface area (Å²) in [6.07, 6.45) is -1.07. The van der Waals surface area contributed by atoms with Gasteiger partial charge in [-0.3, -0.25) is 9.59 Å². The van der Waals surface area contributed by atoms with Gasteiger partial charge in [0.25, 0.3) is 0 Å². The van der Waals surface area contributed by atoms with Crippen LogP contribution in [0.4, 0.5) is 4.79 Å². The first-order chi connectivity index (χ1) is 10.0. The lowest BCUT2D eigenvalue weighted by atomic mass is 10.1. The van der Waals surface area contributed by atoms with Gasteiger partial charge < -0.3 is 14.8 Å². The molecule has 0 aliphatic heterocycles. The van der Waals surface area contributed by atoms with Crippen LogP contribution in [0, 0.1) is 0 Å². The fraction of sp³-hybridized carbons (Fsp3) is 0.400. The number of Topliss-reactive ketones (excluding diaryl/α,β-unsaturated/α-hetero) is 1. The van der Waals surface area contributed by atoms with Crippen molar-refractivity contribution >= 4 is 17.8 Å². The summed E-state index contributed by atoms with van der Waals surface area (Å²) in [5.41, 5.74) is 0.846. The van der Waals surface area contributed by atoms with Crippen LogP contribution in [0.5, 0.6) is 0 Å². The molecule has 1 aromatic rings. The van der Waals surface area contributed by atoms with Crippen LogP contribution in [-0.2, 0) is 25.7 Å². The predicted molar refractivity (Wildman–Crippen MR) is 75.5 cm³/mol. The van der Waals surface area contributed by atoms with Crippen molar-refractivity contribution < 1.29 is 23.9 Å². The number of benzene rings is 1. The zero-order chi connectivity index (χ0) is 15.7. The van der Waals surface area contributed by atoms with Gasteiger partial charge in [0.15, 0.2) is 5.78 Å². The minimum atomic E-state index is -0.808. The Balaban J connectivity index is 2.33. The third kappa shape index (κ3) is 6.56. The first kappa shape index (κ1) is 16.7. The van der Waals surface area contributed by atoms with Crippen molar-refractivity contribution in [3.05, 3.63) is 35.9 Å². The molecular weight excluding hydrogens is 274 g/mol. The topological polar surface area (TPSA) is 81.7 Å². The fourth-order valence-electron chi connectivity index (χ4n) is 1.53. The Hall–Kier alpha value is -2.37. The average molecular weight is 293 g/mol. The fourth-order valence-corrected chi connectivity index (χ4v) is 1.53. The standard InChI is InChI=1S/C15H19NO5/c1-3-20-14(18)9-13(17)11(2)16-15(19)21-10-12-7-5-4-6-8-12/h4-8,11H,3,9-10H2,1-2H3,(H,16,19)/t11-/m1/s1. The number of carbonyl (C=O) groups is 3. The molecule has 0 bridgehead atoms. The van der Waals surface area contributed by atoms with E-state index in [1.807, 2.05) is 30.3 Å². The summed E-state index contributed by atoms with van der Waals surface area (Å²) in [7, 11) is 0. The number of nitrogens with one attached hydrogen (secondary N) is 1. The number of hydrogen-bond acceptors (Lipinski definition) is 5. The minimum absolute atomic E-state index is 0.117. The van der Waals surface area contributed by atoms with Crippen LogP contribution in [0.3, 0.4) is 0 Å². The molecule has 0 saturated carbocycles. The van der Waals surface area contributed by atoms with Crippen molar-refractivity contribution in [2.45, 2.75) is 32.9 Å². The van der Waals surface area contributed by atoms with Crippen LogP contribution in [0.15, 0.2) is 30.3 Å². The smallest absolute Gasteiger partial charge is 0.408 e. The lowest BCUT2D eigenvalue weighted by Crippen LogP contribution is -2.39. The van der Waals surface area contributed by atoms with Gasteiger partial charge in [-0.15, -0.1) is 0 Å². The Morgan fingerprint density at radius 2 is 1.81 bits per heavy atom. The molecule has 0 saturated heterocycles. The Labute approximate surface area is 123 Å². The number of rotatable bonds is 7. The number of amides is 1. The maximum absolute atomic E-state index is 11.7. The predicted octanol–water partition coefficient (Wildman–Crippen LogP) is 1.82. The maximum atomic E-state index is 11.7. The molecule has 0 spiro atoms. The SMILES string of the molecule is CCOC(=O)CC(=O)[C@@H](C)NC(=O)OCc1ccccc1. The summed E-state index contributed by atoms with van der Waals surface area (Å²) < 4.78 is 9.65. The van der Waals surface area contributed by atoms with E-state index in [2.05, 4.69) is 10.1 Å². The molecule has 1 atom stereocenters. The van der Waals surface area contributed by atoms with E-state index in [0.29, 0.717) is 0 Å². The molecule has 0 unspecified atom stereocenters. The second-order valence-corrected chi connectivity index (χ2v) is 4.38. The molecule has 1 aromatic carbocycles. The van der Waals surface area contributed by atoms with Crippen LogP contribution in [0.2, 0.25) is 0 Å². The monoisotopic (exact) mass is 293 g/mol. The van der Waals surface area contributed by atoms with Crippen molar-refractivity contribution in [1.82, 2.24) is 5.32 Å². The van der Waals surface area contributed by atoms with Crippen molar-refractivity contribution in [2.24, 2.45) is 0 Å². The number of esters is 1. The van der Waals surface area contributed by atoms with Gasteiger partial charge >= 0.3 is 12.1 Å². The van der Waals surface area contributed by atoms with Gasteiger partial charge in [-0.1, -0.05) is 30.3 Å². The highest BCUT2D eigenvalue weighted by molar-refractivity contribution is 5.99. The number of carbonyl (C=O) groups excluding carboxylic acids is 3. The van der Waals surface area contributed by atoms with Crippen LogP contribution in [0.25, 0.3) is 0 Å². The van der Waals surface area contributed by atoms with Crippen molar-refractivity contribution in [3.8, 4) is 0 Å². The summed E-state index contributed by atoms with van der Waals surface area (Å²) >= 11 is 0. The maximum Gasteiger partial charge on any atom is 0.408 e. The Bertz CT molecular complexity index is 486. The molecule has 0 fully saturated rings. The molecule has 21 heavy (non-hydrogen) atoms. The van der Waals surface area contributed by atoms with E-state index in [9.17, 15) is 14.4 Å². The largest absolute Gasteiger partial charge is 0.466 e. The Kier molecular flexibility index (Phi) is 6.94. The zero-order valence-electron chi connectivity index (χ0n) is 12.1. The third-order valence-electron chi connectivity index (χ3n) is 2.65. The lowest BCUT2D eigenvalue weighted by Gasteiger charge is -2.12. The summed E-state index contributed by atoms with van der Waals surface area (Å²) in [4.78, 5) is 34.4. The van der Waals surface area contributed by atoms with Crippen molar-refractivity contribution in [1.29, 1.82) is 0 Å². The molecule has 0 heterocycles. The molecule has 1 N–H and O–H groups in total. The summed E-state index contributed by atoms with van der Waals surface area (Å²) in [6.45, 7) is 3.48. The molecule has 6 heteroatoms. The number of ketones is 1. The molecule has 0 radical (unpaired) electrons. The molecule has 1 rings (SSSR count). The molecule has 0 aliphatic rings. The van der Waals surface area contributed by atoms with Crippen LogP contribution in [-0.4, -0.2) is 30.5 Å². The van der Waals surface area contributed by atoms with E-state index in [4.69, 9.17) is 4.74 Å². The highest BCUT2D eigenvalue weighted by Gasteiger charge is 2.19.